The minimum atomic E-state index is -3.97. The number of nitrogens with one attached hydrogen (secondary N) is 2. The number of rotatable bonds is 5. The predicted molar refractivity (Wildman–Crippen MR) is 84.1 cm³/mol. The molecule has 0 heterocycles. The van der Waals surface area contributed by atoms with Gasteiger partial charge in [0.25, 0.3) is 10.0 Å². The first-order chi connectivity index (χ1) is 9.92. The van der Waals surface area contributed by atoms with E-state index in [1.807, 2.05) is 0 Å². The molecule has 0 unspecified atom stereocenters. The number of hydrogen-bond acceptors (Lipinski definition) is 3. The lowest BCUT2D eigenvalue weighted by molar-refractivity contribution is 0.569. The van der Waals surface area contributed by atoms with Gasteiger partial charge in [0.05, 0.1) is 0 Å². The molecule has 4 nitrogen and oxygen atoms in total. The van der Waals surface area contributed by atoms with Crippen molar-refractivity contribution in [2.45, 2.75) is 11.4 Å². The van der Waals surface area contributed by atoms with Gasteiger partial charge in [0.1, 0.15) is 10.7 Å². The van der Waals surface area contributed by atoms with Gasteiger partial charge < -0.3 is 5.32 Å². The summed E-state index contributed by atoms with van der Waals surface area (Å²) in [6, 6.07) is 10.6. The molecule has 2 aromatic carbocycles. The Morgan fingerprint density at radius 2 is 1.81 bits per heavy atom. The van der Waals surface area contributed by atoms with Crippen LogP contribution in [0.3, 0.4) is 0 Å². The highest BCUT2D eigenvalue weighted by atomic mass is 79.9. The van der Waals surface area contributed by atoms with E-state index in [0.717, 1.165) is 10.5 Å². The van der Waals surface area contributed by atoms with Crippen molar-refractivity contribution in [2.24, 2.45) is 0 Å². The molecule has 0 spiro atoms. The van der Waals surface area contributed by atoms with E-state index in [0.29, 0.717) is 17.8 Å². The standard InChI is InChI=1S/C14H14BrFN2O2S/c1-17-9-10-2-7-13(16)14(8-10)21(19,20)18-12-5-3-11(15)4-6-12/h2-8,17-18H,9H2,1H3. The molecule has 2 rings (SSSR count). The molecule has 2 aromatic rings. The van der Waals surface area contributed by atoms with E-state index in [2.05, 4.69) is 26.0 Å². The summed E-state index contributed by atoms with van der Waals surface area (Å²) in [5, 5.41) is 2.90. The molecule has 0 radical (unpaired) electrons. The lowest BCUT2D eigenvalue weighted by atomic mass is 10.2. The SMILES string of the molecule is CNCc1ccc(F)c(S(=O)(=O)Nc2ccc(Br)cc2)c1. The van der Waals surface area contributed by atoms with Crippen molar-refractivity contribution < 1.29 is 12.8 Å². The van der Waals surface area contributed by atoms with Gasteiger partial charge in [-0.3, -0.25) is 4.72 Å². The molecule has 7 heteroatoms. The van der Waals surface area contributed by atoms with E-state index in [4.69, 9.17) is 0 Å². The van der Waals surface area contributed by atoms with Crippen molar-refractivity contribution in [2.75, 3.05) is 11.8 Å². The number of benzene rings is 2. The van der Waals surface area contributed by atoms with Crippen molar-refractivity contribution in [3.05, 3.63) is 58.3 Å². The quantitative estimate of drug-likeness (QED) is 0.847. The maximum absolute atomic E-state index is 13.8. The first-order valence-corrected chi connectivity index (χ1v) is 8.41. The van der Waals surface area contributed by atoms with Gasteiger partial charge in [-0.1, -0.05) is 22.0 Å². The maximum atomic E-state index is 13.8. The van der Waals surface area contributed by atoms with Gasteiger partial charge in [-0.15, -0.1) is 0 Å². The Morgan fingerprint density at radius 1 is 1.14 bits per heavy atom. The van der Waals surface area contributed by atoms with Crippen molar-refractivity contribution in [3.8, 4) is 0 Å². The fourth-order valence-electron chi connectivity index (χ4n) is 1.80. The van der Waals surface area contributed by atoms with Gasteiger partial charge in [0.2, 0.25) is 0 Å². The van der Waals surface area contributed by atoms with Crippen LogP contribution in [0, 0.1) is 5.82 Å². The van der Waals surface area contributed by atoms with Crippen LogP contribution in [0.4, 0.5) is 10.1 Å². The zero-order valence-corrected chi connectivity index (χ0v) is 13.6. The van der Waals surface area contributed by atoms with E-state index in [1.165, 1.54) is 6.07 Å². The third-order valence-electron chi connectivity index (χ3n) is 2.76. The second kappa shape index (κ2) is 6.55. The van der Waals surface area contributed by atoms with Crippen molar-refractivity contribution in [3.63, 3.8) is 0 Å². The van der Waals surface area contributed by atoms with Gasteiger partial charge in [-0.2, -0.15) is 0 Å². The van der Waals surface area contributed by atoms with Gasteiger partial charge in [0, 0.05) is 16.7 Å². The highest BCUT2D eigenvalue weighted by Gasteiger charge is 2.19. The monoisotopic (exact) mass is 372 g/mol. The second-order valence-corrected chi connectivity index (χ2v) is 6.97. The van der Waals surface area contributed by atoms with Gasteiger partial charge >= 0.3 is 0 Å². The van der Waals surface area contributed by atoms with Gasteiger partial charge in [0.15, 0.2) is 0 Å². The molecule has 112 valence electrons. The highest BCUT2D eigenvalue weighted by molar-refractivity contribution is 9.10. The van der Waals surface area contributed by atoms with Crippen LogP contribution in [0.5, 0.6) is 0 Å². The number of sulfonamides is 1. The molecule has 0 amide bonds. The summed E-state index contributed by atoms with van der Waals surface area (Å²) in [5.41, 5.74) is 1.06. The average Bonchev–Trinajstić information content (AvgIpc) is 2.43. The number of anilines is 1. The first kappa shape index (κ1) is 15.9. The molecule has 21 heavy (non-hydrogen) atoms. The molecule has 0 aliphatic rings. The Labute approximate surface area is 131 Å². The van der Waals surface area contributed by atoms with E-state index < -0.39 is 15.8 Å². The van der Waals surface area contributed by atoms with Crippen LogP contribution in [-0.2, 0) is 16.6 Å². The molecule has 0 bridgehead atoms. The summed E-state index contributed by atoms with van der Waals surface area (Å²) in [5.74, 6) is -0.778. The van der Waals surface area contributed by atoms with Crippen LogP contribution >= 0.6 is 15.9 Å². The largest absolute Gasteiger partial charge is 0.316 e. The van der Waals surface area contributed by atoms with Gasteiger partial charge in [-0.25, -0.2) is 12.8 Å². The summed E-state index contributed by atoms with van der Waals surface area (Å²) >= 11 is 3.26. The Kier molecular flexibility index (Phi) is 4.97. The van der Waals surface area contributed by atoms with E-state index in [1.54, 1.807) is 37.4 Å². The third kappa shape index (κ3) is 4.03. The third-order valence-corrected chi connectivity index (χ3v) is 4.69. The summed E-state index contributed by atoms with van der Waals surface area (Å²) in [6.45, 7) is 0.459. The smallest absolute Gasteiger partial charge is 0.264 e. The van der Waals surface area contributed by atoms with Crippen molar-refractivity contribution >= 4 is 31.6 Å². The molecular weight excluding hydrogens is 359 g/mol. The van der Waals surface area contributed by atoms with Crippen molar-refractivity contribution in [1.29, 1.82) is 0 Å². The summed E-state index contributed by atoms with van der Waals surface area (Å²) in [4.78, 5) is -0.363. The van der Waals surface area contributed by atoms with Crippen LogP contribution in [0.2, 0.25) is 0 Å². The molecule has 2 N–H and O–H groups in total. The van der Waals surface area contributed by atoms with E-state index >= 15 is 0 Å². The summed E-state index contributed by atoms with van der Waals surface area (Å²) in [6.07, 6.45) is 0. The Balaban J connectivity index is 2.34. The minimum absolute atomic E-state index is 0.363. The molecule has 0 aliphatic carbocycles. The number of halogens is 2. The summed E-state index contributed by atoms with van der Waals surface area (Å²) in [7, 11) is -2.23. The molecular formula is C14H14BrFN2O2S. The highest BCUT2D eigenvalue weighted by Crippen LogP contribution is 2.21. The van der Waals surface area contributed by atoms with Crippen LogP contribution in [-0.4, -0.2) is 15.5 Å². The zero-order valence-electron chi connectivity index (χ0n) is 11.2. The molecule has 0 aliphatic heterocycles. The maximum Gasteiger partial charge on any atom is 0.264 e. The number of hydrogen-bond donors (Lipinski definition) is 2. The fraction of sp³-hybridized carbons (Fsp3) is 0.143. The molecule has 0 atom stereocenters. The average molecular weight is 373 g/mol. The predicted octanol–water partition coefficient (Wildman–Crippen LogP) is 3.11. The first-order valence-electron chi connectivity index (χ1n) is 6.14. The van der Waals surface area contributed by atoms with Gasteiger partial charge in [-0.05, 0) is 49.0 Å². The lowest BCUT2D eigenvalue weighted by Crippen LogP contribution is -2.15. The topological polar surface area (TPSA) is 58.2 Å². The lowest BCUT2D eigenvalue weighted by Gasteiger charge is -2.10. The van der Waals surface area contributed by atoms with Crippen molar-refractivity contribution in [1.82, 2.24) is 5.32 Å². The van der Waals surface area contributed by atoms with E-state index in [9.17, 15) is 12.8 Å². The fourth-order valence-corrected chi connectivity index (χ4v) is 3.25. The molecule has 0 aromatic heterocycles. The van der Waals surface area contributed by atoms with Crippen LogP contribution in [0.25, 0.3) is 0 Å². The minimum Gasteiger partial charge on any atom is -0.316 e. The zero-order chi connectivity index (χ0) is 15.5. The normalized spacial score (nSPS) is 11.4. The van der Waals surface area contributed by atoms with E-state index in [-0.39, 0.29) is 4.90 Å². The molecule has 0 saturated carbocycles. The summed E-state index contributed by atoms with van der Waals surface area (Å²) < 4.78 is 41.6. The second-order valence-electron chi connectivity index (χ2n) is 4.41. The molecule has 0 saturated heterocycles. The Bertz CT molecular complexity index is 733. The van der Waals surface area contributed by atoms with Crippen LogP contribution < -0.4 is 10.0 Å². The van der Waals surface area contributed by atoms with Crippen LogP contribution in [0.1, 0.15) is 5.56 Å². The Morgan fingerprint density at radius 3 is 2.43 bits per heavy atom. The Hall–Kier alpha value is -1.44. The van der Waals surface area contributed by atoms with Crippen LogP contribution in [0.15, 0.2) is 51.8 Å². The molecule has 0 fully saturated rings.